The Hall–Kier alpha value is -3.02. The fourth-order valence-electron chi connectivity index (χ4n) is 1.48. The van der Waals surface area contributed by atoms with Crippen molar-refractivity contribution in [3.05, 3.63) is 60.2 Å². The van der Waals surface area contributed by atoms with Gasteiger partial charge in [0.2, 0.25) is 0 Å². The van der Waals surface area contributed by atoms with Gasteiger partial charge in [-0.15, -0.1) is 0 Å². The van der Waals surface area contributed by atoms with Crippen LogP contribution < -0.4 is 9.47 Å². The van der Waals surface area contributed by atoms with Crippen LogP contribution in [0.15, 0.2) is 64.8 Å². The zero-order chi connectivity index (χ0) is 15.1. The molecule has 0 aliphatic carbocycles. The SMILES string of the molecule is Cc1ccccc1OC(=O)N=NC(=O)Oc1ccccc1. The third kappa shape index (κ3) is 4.54. The van der Waals surface area contributed by atoms with Crippen molar-refractivity contribution in [2.75, 3.05) is 0 Å². The summed E-state index contributed by atoms with van der Waals surface area (Å²) in [5.74, 6) is 0.673. The van der Waals surface area contributed by atoms with Crippen LogP contribution in [-0.4, -0.2) is 12.2 Å². The van der Waals surface area contributed by atoms with Crippen LogP contribution in [0.4, 0.5) is 9.59 Å². The Bertz CT molecular complexity index is 668. The highest BCUT2D eigenvalue weighted by molar-refractivity contribution is 5.76. The molecule has 0 bridgehead atoms. The zero-order valence-corrected chi connectivity index (χ0v) is 11.2. The number of aryl methyl sites for hydroxylation is 1. The predicted molar refractivity (Wildman–Crippen MR) is 74.5 cm³/mol. The lowest BCUT2D eigenvalue weighted by atomic mass is 10.2. The van der Waals surface area contributed by atoms with E-state index in [-0.39, 0.29) is 0 Å². The number of carbonyl (C=O) groups excluding carboxylic acids is 2. The zero-order valence-electron chi connectivity index (χ0n) is 11.2. The van der Waals surface area contributed by atoms with Gasteiger partial charge in [0.25, 0.3) is 0 Å². The maximum absolute atomic E-state index is 11.4. The Balaban J connectivity index is 1.90. The van der Waals surface area contributed by atoms with Crippen molar-refractivity contribution in [2.45, 2.75) is 6.92 Å². The van der Waals surface area contributed by atoms with Crippen molar-refractivity contribution in [3.63, 3.8) is 0 Å². The van der Waals surface area contributed by atoms with Crippen molar-refractivity contribution in [2.24, 2.45) is 10.2 Å². The number of azo groups is 1. The molecule has 0 saturated carbocycles. The summed E-state index contributed by atoms with van der Waals surface area (Å²) in [7, 11) is 0. The van der Waals surface area contributed by atoms with E-state index in [1.807, 2.05) is 6.07 Å². The Morgan fingerprint density at radius 3 is 2.05 bits per heavy atom. The third-order valence-corrected chi connectivity index (χ3v) is 2.45. The van der Waals surface area contributed by atoms with Crippen molar-refractivity contribution < 1.29 is 19.1 Å². The number of hydrogen-bond acceptors (Lipinski definition) is 4. The summed E-state index contributed by atoms with van der Waals surface area (Å²) in [6.45, 7) is 1.78. The minimum absolute atomic E-state index is 0.314. The lowest BCUT2D eigenvalue weighted by molar-refractivity contribution is 0.200. The fourth-order valence-corrected chi connectivity index (χ4v) is 1.48. The summed E-state index contributed by atoms with van der Waals surface area (Å²) in [5, 5.41) is 6.28. The molecule has 2 rings (SSSR count). The number of amides is 2. The molecule has 0 aromatic heterocycles. The fraction of sp³-hybridized carbons (Fsp3) is 0.0667. The molecule has 0 aliphatic heterocycles. The monoisotopic (exact) mass is 284 g/mol. The lowest BCUT2D eigenvalue weighted by Crippen LogP contribution is -2.06. The summed E-state index contributed by atoms with van der Waals surface area (Å²) in [6, 6.07) is 15.3. The van der Waals surface area contributed by atoms with Gasteiger partial charge in [-0.1, -0.05) is 46.6 Å². The van der Waals surface area contributed by atoms with E-state index in [1.165, 1.54) is 0 Å². The van der Waals surface area contributed by atoms with Gasteiger partial charge in [-0.2, -0.15) is 0 Å². The summed E-state index contributed by atoms with van der Waals surface area (Å²) in [5.41, 5.74) is 0.771. The molecule has 6 heteroatoms. The predicted octanol–water partition coefficient (Wildman–Crippen LogP) is 4.15. The van der Waals surface area contributed by atoms with E-state index in [4.69, 9.17) is 9.47 Å². The third-order valence-electron chi connectivity index (χ3n) is 2.45. The number of hydrogen-bond donors (Lipinski definition) is 0. The average Bonchev–Trinajstić information content (AvgIpc) is 2.49. The minimum Gasteiger partial charge on any atom is -0.408 e. The molecule has 21 heavy (non-hydrogen) atoms. The summed E-state index contributed by atoms with van der Waals surface area (Å²) >= 11 is 0. The second kappa shape index (κ2) is 6.95. The van der Waals surface area contributed by atoms with Gasteiger partial charge in [0.1, 0.15) is 11.5 Å². The van der Waals surface area contributed by atoms with Gasteiger partial charge in [-0.3, -0.25) is 0 Å². The van der Waals surface area contributed by atoms with E-state index in [2.05, 4.69) is 10.2 Å². The number of benzene rings is 2. The molecular formula is C15H12N2O4. The highest BCUT2D eigenvalue weighted by Crippen LogP contribution is 2.16. The van der Waals surface area contributed by atoms with Crippen LogP contribution in [0.3, 0.4) is 0 Å². The van der Waals surface area contributed by atoms with Crippen LogP contribution in [0.1, 0.15) is 5.56 Å². The molecule has 0 aliphatic rings. The second-order valence-electron chi connectivity index (χ2n) is 4.01. The Kier molecular flexibility index (Phi) is 4.76. The van der Waals surface area contributed by atoms with Gasteiger partial charge in [0, 0.05) is 0 Å². The lowest BCUT2D eigenvalue weighted by Gasteiger charge is -2.02. The van der Waals surface area contributed by atoms with E-state index in [0.717, 1.165) is 5.56 Å². The maximum atomic E-state index is 11.4. The first-order valence-electron chi connectivity index (χ1n) is 6.11. The number of carbonyl (C=O) groups is 2. The Morgan fingerprint density at radius 1 is 0.810 bits per heavy atom. The van der Waals surface area contributed by atoms with E-state index in [0.29, 0.717) is 11.5 Å². The van der Waals surface area contributed by atoms with Crippen LogP contribution >= 0.6 is 0 Å². The van der Waals surface area contributed by atoms with Crippen LogP contribution in [0.25, 0.3) is 0 Å². The smallest absolute Gasteiger partial charge is 0.408 e. The number of nitrogens with zero attached hydrogens (tertiary/aromatic N) is 2. The van der Waals surface area contributed by atoms with Crippen LogP contribution in [0.5, 0.6) is 11.5 Å². The number of rotatable bonds is 2. The van der Waals surface area contributed by atoms with E-state index in [1.54, 1.807) is 55.5 Å². The number of para-hydroxylation sites is 2. The first-order chi connectivity index (χ1) is 10.1. The van der Waals surface area contributed by atoms with Crippen molar-refractivity contribution in [1.29, 1.82) is 0 Å². The molecule has 2 aromatic rings. The average molecular weight is 284 g/mol. The molecule has 6 nitrogen and oxygen atoms in total. The second-order valence-corrected chi connectivity index (χ2v) is 4.01. The first kappa shape index (κ1) is 14.4. The molecule has 0 spiro atoms. The standard InChI is InChI=1S/C15H12N2O4/c1-11-7-5-6-10-13(11)21-15(19)17-16-14(18)20-12-8-3-2-4-9-12/h2-10H,1H3. The van der Waals surface area contributed by atoms with Crippen molar-refractivity contribution in [3.8, 4) is 11.5 Å². The van der Waals surface area contributed by atoms with Crippen molar-refractivity contribution >= 4 is 12.2 Å². The molecule has 0 heterocycles. The molecule has 0 N–H and O–H groups in total. The Morgan fingerprint density at radius 2 is 1.38 bits per heavy atom. The highest BCUT2D eigenvalue weighted by atomic mass is 16.6. The van der Waals surface area contributed by atoms with Crippen LogP contribution in [-0.2, 0) is 0 Å². The summed E-state index contributed by atoms with van der Waals surface area (Å²) in [6.07, 6.45) is -1.99. The molecular weight excluding hydrogens is 272 g/mol. The van der Waals surface area contributed by atoms with Gasteiger partial charge in [0.15, 0.2) is 0 Å². The Labute approximate surface area is 121 Å². The topological polar surface area (TPSA) is 77.3 Å². The van der Waals surface area contributed by atoms with Gasteiger partial charge in [-0.05, 0) is 30.7 Å². The normalized spacial score (nSPS) is 10.3. The van der Waals surface area contributed by atoms with Crippen LogP contribution in [0.2, 0.25) is 0 Å². The van der Waals surface area contributed by atoms with E-state index < -0.39 is 12.2 Å². The molecule has 0 radical (unpaired) electrons. The quantitative estimate of drug-likeness (QED) is 0.776. The molecule has 0 saturated heterocycles. The highest BCUT2D eigenvalue weighted by Gasteiger charge is 2.07. The molecule has 0 atom stereocenters. The van der Waals surface area contributed by atoms with Crippen molar-refractivity contribution in [1.82, 2.24) is 0 Å². The molecule has 106 valence electrons. The molecule has 2 amide bonds. The largest absolute Gasteiger partial charge is 0.458 e. The van der Waals surface area contributed by atoms with E-state index in [9.17, 15) is 9.59 Å². The minimum atomic E-state index is -0.997. The molecule has 0 unspecified atom stereocenters. The molecule has 0 fully saturated rings. The van der Waals surface area contributed by atoms with Gasteiger partial charge < -0.3 is 9.47 Å². The number of ether oxygens (including phenoxy) is 2. The van der Waals surface area contributed by atoms with Gasteiger partial charge in [0.05, 0.1) is 0 Å². The van der Waals surface area contributed by atoms with E-state index >= 15 is 0 Å². The molecule has 2 aromatic carbocycles. The van der Waals surface area contributed by atoms with Crippen LogP contribution in [0, 0.1) is 6.92 Å². The van der Waals surface area contributed by atoms with Gasteiger partial charge >= 0.3 is 12.2 Å². The van der Waals surface area contributed by atoms with Gasteiger partial charge in [-0.25, -0.2) is 9.59 Å². The first-order valence-corrected chi connectivity index (χ1v) is 6.11. The summed E-state index contributed by atoms with van der Waals surface area (Å²) in [4.78, 5) is 22.8. The maximum Gasteiger partial charge on any atom is 0.458 e. The summed E-state index contributed by atoms with van der Waals surface area (Å²) < 4.78 is 9.77.